The van der Waals surface area contributed by atoms with Gasteiger partial charge in [-0.2, -0.15) is 0 Å². The minimum atomic E-state index is -3.40. The van der Waals surface area contributed by atoms with Crippen LogP contribution in [0.15, 0.2) is 24.3 Å². The van der Waals surface area contributed by atoms with Gasteiger partial charge in [0.1, 0.15) is 5.75 Å². The van der Waals surface area contributed by atoms with E-state index in [9.17, 15) is 13.2 Å². The SMILES string of the molecule is Cc1ccc(CS(=O)(=O)CC(=O)NC2CCCC2)cc1. The van der Waals surface area contributed by atoms with Crippen molar-refractivity contribution in [2.45, 2.75) is 44.4 Å². The topological polar surface area (TPSA) is 63.2 Å². The Morgan fingerprint density at radius 2 is 1.80 bits per heavy atom. The van der Waals surface area contributed by atoms with Gasteiger partial charge in [-0.3, -0.25) is 4.79 Å². The van der Waals surface area contributed by atoms with E-state index in [1.165, 1.54) is 0 Å². The molecule has 5 heteroatoms. The van der Waals surface area contributed by atoms with Crippen LogP contribution in [-0.2, 0) is 20.4 Å². The summed E-state index contributed by atoms with van der Waals surface area (Å²) in [5, 5.41) is 2.81. The first-order chi connectivity index (χ1) is 9.44. The molecule has 1 aliphatic rings. The molecule has 20 heavy (non-hydrogen) atoms. The van der Waals surface area contributed by atoms with Gasteiger partial charge in [-0.25, -0.2) is 8.42 Å². The number of aryl methyl sites for hydroxylation is 1. The van der Waals surface area contributed by atoms with Crippen LogP contribution in [0.3, 0.4) is 0 Å². The molecule has 0 aromatic heterocycles. The molecule has 1 aromatic carbocycles. The third-order valence-electron chi connectivity index (χ3n) is 3.58. The fourth-order valence-electron chi connectivity index (χ4n) is 2.53. The molecule has 0 bridgehead atoms. The minimum absolute atomic E-state index is 0.0780. The van der Waals surface area contributed by atoms with E-state index < -0.39 is 15.6 Å². The predicted octanol–water partition coefficient (Wildman–Crippen LogP) is 1.97. The van der Waals surface area contributed by atoms with Crippen LogP contribution in [0.4, 0.5) is 0 Å². The molecule has 0 spiro atoms. The van der Waals surface area contributed by atoms with Gasteiger partial charge in [0.25, 0.3) is 0 Å². The lowest BCUT2D eigenvalue weighted by Gasteiger charge is -2.12. The molecule has 1 fully saturated rings. The molecule has 2 rings (SSSR count). The highest BCUT2D eigenvalue weighted by molar-refractivity contribution is 7.91. The first-order valence-corrected chi connectivity index (χ1v) is 8.82. The molecule has 0 radical (unpaired) electrons. The predicted molar refractivity (Wildman–Crippen MR) is 79.1 cm³/mol. The molecule has 0 saturated heterocycles. The average Bonchev–Trinajstić information content (AvgIpc) is 2.83. The van der Waals surface area contributed by atoms with Crippen molar-refractivity contribution in [3.05, 3.63) is 35.4 Å². The highest BCUT2D eigenvalue weighted by atomic mass is 32.2. The molecule has 1 N–H and O–H groups in total. The van der Waals surface area contributed by atoms with Gasteiger partial charge in [-0.1, -0.05) is 42.7 Å². The Bertz CT molecular complexity index is 557. The summed E-state index contributed by atoms with van der Waals surface area (Å²) in [6, 6.07) is 7.51. The summed E-state index contributed by atoms with van der Waals surface area (Å²) in [7, 11) is -3.40. The van der Waals surface area contributed by atoms with Crippen LogP contribution >= 0.6 is 0 Å². The van der Waals surface area contributed by atoms with Crippen LogP contribution in [0, 0.1) is 6.92 Å². The van der Waals surface area contributed by atoms with E-state index >= 15 is 0 Å². The van der Waals surface area contributed by atoms with Crippen LogP contribution in [0.1, 0.15) is 36.8 Å². The maximum absolute atomic E-state index is 12.0. The number of hydrogen-bond donors (Lipinski definition) is 1. The lowest BCUT2D eigenvalue weighted by molar-refractivity contribution is -0.119. The van der Waals surface area contributed by atoms with Gasteiger partial charge < -0.3 is 5.32 Å². The van der Waals surface area contributed by atoms with Gasteiger partial charge in [-0.05, 0) is 25.3 Å². The van der Waals surface area contributed by atoms with Crippen LogP contribution in [0.25, 0.3) is 0 Å². The van der Waals surface area contributed by atoms with Gasteiger partial charge in [-0.15, -0.1) is 0 Å². The number of amides is 1. The Hall–Kier alpha value is -1.36. The summed E-state index contributed by atoms with van der Waals surface area (Å²) < 4.78 is 24.0. The number of rotatable bonds is 5. The van der Waals surface area contributed by atoms with Gasteiger partial charge >= 0.3 is 0 Å². The highest BCUT2D eigenvalue weighted by Gasteiger charge is 2.21. The Labute approximate surface area is 120 Å². The standard InChI is InChI=1S/C15H21NO3S/c1-12-6-8-13(9-7-12)10-20(18,19)11-15(17)16-14-4-2-3-5-14/h6-9,14H,2-5,10-11H2,1H3,(H,16,17). The molecule has 1 amide bonds. The number of carbonyl (C=O) groups is 1. The van der Waals surface area contributed by atoms with Crippen molar-refractivity contribution in [1.82, 2.24) is 5.32 Å². The Morgan fingerprint density at radius 1 is 1.20 bits per heavy atom. The minimum Gasteiger partial charge on any atom is -0.352 e. The number of sulfone groups is 1. The monoisotopic (exact) mass is 295 g/mol. The molecule has 1 saturated carbocycles. The van der Waals surface area contributed by atoms with Crippen LogP contribution < -0.4 is 5.32 Å². The number of carbonyl (C=O) groups excluding carboxylic acids is 1. The lowest BCUT2D eigenvalue weighted by Crippen LogP contribution is -2.37. The summed E-state index contributed by atoms with van der Waals surface area (Å²) in [6.07, 6.45) is 4.15. The smallest absolute Gasteiger partial charge is 0.235 e. The Morgan fingerprint density at radius 3 is 2.40 bits per heavy atom. The highest BCUT2D eigenvalue weighted by Crippen LogP contribution is 2.17. The fraction of sp³-hybridized carbons (Fsp3) is 0.533. The molecule has 0 unspecified atom stereocenters. The maximum atomic E-state index is 12.0. The summed E-state index contributed by atoms with van der Waals surface area (Å²) in [4.78, 5) is 11.8. The first kappa shape index (κ1) is 15.0. The van der Waals surface area contributed by atoms with E-state index in [1.54, 1.807) is 12.1 Å². The molecule has 1 aromatic rings. The Balaban J connectivity index is 1.89. The van der Waals surface area contributed by atoms with Crippen LogP contribution in [0.5, 0.6) is 0 Å². The number of nitrogens with one attached hydrogen (secondary N) is 1. The van der Waals surface area contributed by atoms with Crippen molar-refractivity contribution in [2.75, 3.05) is 5.75 Å². The van der Waals surface area contributed by atoms with Gasteiger partial charge in [0.05, 0.1) is 5.75 Å². The van der Waals surface area contributed by atoms with Crippen molar-refractivity contribution in [1.29, 1.82) is 0 Å². The summed E-state index contributed by atoms with van der Waals surface area (Å²) >= 11 is 0. The molecule has 0 heterocycles. The normalized spacial score (nSPS) is 16.2. The maximum Gasteiger partial charge on any atom is 0.235 e. The number of benzene rings is 1. The molecule has 110 valence electrons. The second-order valence-corrected chi connectivity index (χ2v) is 7.63. The average molecular weight is 295 g/mol. The fourth-order valence-corrected chi connectivity index (χ4v) is 3.81. The third-order valence-corrected chi connectivity index (χ3v) is 5.05. The lowest BCUT2D eigenvalue weighted by atomic mass is 10.2. The second kappa shape index (κ2) is 6.39. The van der Waals surface area contributed by atoms with E-state index in [0.29, 0.717) is 0 Å². The molecule has 4 nitrogen and oxygen atoms in total. The van der Waals surface area contributed by atoms with Crippen molar-refractivity contribution >= 4 is 15.7 Å². The van der Waals surface area contributed by atoms with Crippen molar-refractivity contribution in [3.63, 3.8) is 0 Å². The summed E-state index contributed by atoms with van der Waals surface area (Å²) in [5.41, 5.74) is 1.81. The molecule has 0 aliphatic heterocycles. The van der Waals surface area contributed by atoms with Gasteiger partial charge in [0.15, 0.2) is 9.84 Å². The zero-order valence-corrected chi connectivity index (χ0v) is 12.6. The van der Waals surface area contributed by atoms with Crippen molar-refractivity contribution in [2.24, 2.45) is 0 Å². The molecular formula is C15H21NO3S. The largest absolute Gasteiger partial charge is 0.352 e. The Kier molecular flexibility index (Phi) is 4.81. The van der Waals surface area contributed by atoms with E-state index in [4.69, 9.17) is 0 Å². The van der Waals surface area contributed by atoms with Crippen molar-refractivity contribution in [3.8, 4) is 0 Å². The first-order valence-electron chi connectivity index (χ1n) is 7.00. The van der Waals surface area contributed by atoms with E-state index in [1.807, 2.05) is 19.1 Å². The van der Waals surface area contributed by atoms with E-state index in [0.717, 1.165) is 36.8 Å². The molecule has 1 aliphatic carbocycles. The van der Waals surface area contributed by atoms with Crippen molar-refractivity contribution < 1.29 is 13.2 Å². The molecular weight excluding hydrogens is 274 g/mol. The van der Waals surface area contributed by atoms with Gasteiger partial charge in [0.2, 0.25) is 5.91 Å². The molecule has 0 atom stereocenters. The zero-order chi connectivity index (χ0) is 14.6. The quantitative estimate of drug-likeness (QED) is 0.903. The second-order valence-electron chi connectivity index (χ2n) is 5.57. The third kappa shape index (κ3) is 4.63. The summed E-state index contributed by atoms with van der Waals surface area (Å²) in [5.74, 6) is -0.869. The number of hydrogen-bond acceptors (Lipinski definition) is 3. The summed E-state index contributed by atoms with van der Waals surface area (Å²) in [6.45, 7) is 1.95. The van der Waals surface area contributed by atoms with Crippen LogP contribution in [-0.4, -0.2) is 26.1 Å². The zero-order valence-electron chi connectivity index (χ0n) is 11.8. The van der Waals surface area contributed by atoms with Gasteiger partial charge in [0, 0.05) is 6.04 Å². The van der Waals surface area contributed by atoms with E-state index in [2.05, 4.69) is 5.32 Å². The van der Waals surface area contributed by atoms with E-state index in [-0.39, 0.29) is 17.7 Å². The van der Waals surface area contributed by atoms with Crippen LogP contribution in [0.2, 0.25) is 0 Å².